The van der Waals surface area contributed by atoms with Gasteiger partial charge in [0.15, 0.2) is 4.90 Å². The lowest BCUT2D eigenvalue weighted by Gasteiger charge is -2.11. The molecule has 3 rings (SSSR count). The monoisotopic (exact) mass is 381 g/mol. The van der Waals surface area contributed by atoms with Crippen LogP contribution in [0.1, 0.15) is 11.5 Å². The highest BCUT2D eigenvalue weighted by Gasteiger charge is 2.38. The van der Waals surface area contributed by atoms with Crippen molar-refractivity contribution in [1.29, 1.82) is 0 Å². The second-order valence-electron chi connectivity index (χ2n) is 5.20. The van der Waals surface area contributed by atoms with Crippen molar-refractivity contribution in [3.63, 3.8) is 0 Å². The average molecular weight is 381 g/mol. The van der Waals surface area contributed by atoms with Crippen molar-refractivity contribution in [2.45, 2.75) is 16.8 Å². The molecule has 0 saturated heterocycles. The number of hydrogen-bond acceptors (Lipinski definition) is 5. The maximum Gasteiger partial charge on any atom is 0.471 e. The zero-order valence-corrected chi connectivity index (χ0v) is 14.2. The first-order valence-electron chi connectivity index (χ1n) is 7.31. The lowest BCUT2D eigenvalue weighted by Crippen LogP contribution is -2.06. The molecular formula is C17H12F3N2O3S. The number of ether oxygens (including phenoxy) is 1. The van der Waals surface area contributed by atoms with Gasteiger partial charge in [0.2, 0.25) is 5.82 Å². The molecule has 1 aromatic heterocycles. The third-order valence-corrected chi connectivity index (χ3v) is 4.73. The Hall–Kier alpha value is -2.52. The fourth-order valence-electron chi connectivity index (χ4n) is 2.12. The van der Waals surface area contributed by atoms with Gasteiger partial charge in [-0.3, -0.25) is 0 Å². The van der Waals surface area contributed by atoms with Gasteiger partial charge in [-0.2, -0.15) is 18.2 Å². The SMILES string of the molecule is COc1ccc(C[S+]([O-])c2[c]ccc(-c3noc(C(F)(F)F)n3)c2)cc1. The molecule has 9 heteroatoms. The molecule has 1 radical (unpaired) electrons. The lowest BCUT2D eigenvalue weighted by molar-refractivity contribution is -0.159. The number of rotatable bonds is 5. The van der Waals surface area contributed by atoms with Crippen LogP contribution in [0, 0.1) is 6.07 Å². The number of nitrogens with zero attached hydrogens (tertiary/aromatic N) is 2. The fraction of sp³-hybridized carbons (Fsp3) is 0.176. The van der Waals surface area contributed by atoms with Crippen LogP contribution in [0.4, 0.5) is 13.2 Å². The number of hydrogen-bond donors (Lipinski definition) is 0. The first-order chi connectivity index (χ1) is 12.4. The summed E-state index contributed by atoms with van der Waals surface area (Å²) in [6, 6.07) is 14.3. The smallest absolute Gasteiger partial charge is 0.471 e. The molecule has 0 fully saturated rings. The van der Waals surface area contributed by atoms with Crippen LogP contribution in [-0.4, -0.2) is 21.8 Å². The van der Waals surface area contributed by atoms with E-state index in [-0.39, 0.29) is 17.1 Å². The molecule has 0 aliphatic carbocycles. The summed E-state index contributed by atoms with van der Waals surface area (Å²) in [4.78, 5) is 3.66. The Morgan fingerprint density at radius 2 is 1.96 bits per heavy atom. The van der Waals surface area contributed by atoms with Gasteiger partial charge in [-0.1, -0.05) is 23.4 Å². The van der Waals surface area contributed by atoms with Crippen molar-refractivity contribution < 1.29 is 27.0 Å². The van der Waals surface area contributed by atoms with Crippen molar-refractivity contribution in [2.24, 2.45) is 0 Å². The Labute approximate surface area is 150 Å². The number of aromatic nitrogens is 2. The zero-order valence-electron chi connectivity index (χ0n) is 13.4. The lowest BCUT2D eigenvalue weighted by atomic mass is 10.2. The number of alkyl halides is 3. The van der Waals surface area contributed by atoms with Crippen LogP contribution in [0.25, 0.3) is 11.4 Å². The summed E-state index contributed by atoms with van der Waals surface area (Å²) in [6.07, 6.45) is -4.72. The first-order valence-corrected chi connectivity index (χ1v) is 8.63. The normalized spacial score (nSPS) is 12.8. The van der Waals surface area contributed by atoms with Gasteiger partial charge < -0.3 is 13.8 Å². The van der Waals surface area contributed by atoms with E-state index >= 15 is 0 Å². The van der Waals surface area contributed by atoms with E-state index in [2.05, 4.69) is 20.7 Å². The highest BCUT2D eigenvalue weighted by molar-refractivity contribution is 7.90. The molecule has 0 bridgehead atoms. The van der Waals surface area contributed by atoms with E-state index in [1.165, 1.54) is 18.2 Å². The van der Waals surface area contributed by atoms with Crippen LogP contribution < -0.4 is 4.74 Å². The average Bonchev–Trinajstić information content (AvgIpc) is 3.13. The van der Waals surface area contributed by atoms with Crippen LogP contribution in [-0.2, 0) is 23.1 Å². The molecule has 1 unspecified atom stereocenters. The Kier molecular flexibility index (Phi) is 5.19. The van der Waals surface area contributed by atoms with Crippen molar-refractivity contribution >= 4 is 11.2 Å². The van der Waals surface area contributed by atoms with Gasteiger partial charge in [0.1, 0.15) is 11.5 Å². The highest BCUT2D eigenvalue weighted by atomic mass is 32.2. The second-order valence-corrected chi connectivity index (χ2v) is 6.62. The summed E-state index contributed by atoms with van der Waals surface area (Å²) < 4.78 is 59.5. The van der Waals surface area contributed by atoms with Crippen LogP contribution in [0.5, 0.6) is 5.75 Å². The second kappa shape index (κ2) is 7.38. The minimum atomic E-state index is -4.72. The topological polar surface area (TPSA) is 71.2 Å². The summed E-state index contributed by atoms with van der Waals surface area (Å²) in [7, 11) is 1.55. The van der Waals surface area contributed by atoms with E-state index in [0.29, 0.717) is 10.6 Å². The third kappa shape index (κ3) is 4.17. The molecule has 26 heavy (non-hydrogen) atoms. The van der Waals surface area contributed by atoms with Crippen LogP contribution in [0.2, 0.25) is 0 Å². The molecule has 0 N–H and O–H groups in total. The van der Waals surface area contributed by atoms with E-state index in [9.17, 15) is 17.7 Å². The minimum Gasteiger partial charge on any atom is -0.611 e. The molecule has 135 valence electrons. The van der Waals surface area contributed by atoms with Gasteiger partial charge in [-0.25, -0.2) is 0 Å². The van der Waals surface area contributed by atoms with E-state index in [1.54, 1.807) is 31.4 Å². The largest absolute Gasteiger partial charge is 0.611 e. The predicted octanol–water partition coefficient (Wildman–Crippen LogP) is 3.87. The van der Waals surface area contributed by atoms with E-state index in [1.807, 2.05) is 0 Å². The van der Waals surface area contributed by atoms with Gasteiger partial charge in [-0.15, -0.1) is 0 Å². The highest BCUT2D eigenvalue weighted by Crippen LogP contribution is 2.30. The molecule has 0 aliphatic heterocycles. The molecule has 0 saturated carbocycles. The molecule has 0 aliphatic rings. The predicted molar refractivity (Wildman–Crippen MR) is 86.7 cm³/mol. The third-order valence-electron chi connectivity index (χ3n) is 3.40. The number of methoxy groups -OCH3 is 1. The van der Waals surface area contributed by atoms with Gasteiger partial charge >= 0.3 is 12.1 Å². The molecular weight excluding hydrogens is 369 g/mol. The van der Waals surface area contributed by atoms with Crippen LogP contribution in [0.15, 0.2) is 51.9 Å². The van der Waals surface area contributed by atoms with Crippen molar-refractivity contribution in [2.75, 3.05) is 7.11 Å². The Morgan fingerprint density at radius 1 is 1.23 bits per heavy atom. The summed E-state index contributed by atoms with van der Waals surface area (Å²) in [5.74, 6) is -0.745. The maximum atomic E-state index is 12.6. The first kappa shape index (κ1) is 18.3. The van der Waals surface area contributed by atoms with E-state index < -0.39 is 23.2 Å². The Balaban J connectivity index is 1.78. The fourth-order valence-corrected chi connectivity index (χ4v) is 3.23. The molecule has 2 aromatic carbocycles. The quantitative estimate of drug-likeness (QED) is 0.628. The van der Waals surface area contributed by atoms with Crippen LogP contribution in [0.3, 0.4) is 0 Å². The molecule has 1 heterocycles. The standard InChI is InChI=1S/C17H12F3N2O3S/c1-24-13-7-5-11(6-8-13)10-26(23)14-4-2-3-12(9-14)15-21-16(25-22-15)17(18,19)20/h2-3,5-9H,10H2,1H3. The van der Waals surface area contributed by atoms with Crippen LogP contribution >= 0.6 is 0 Å². The van der Waals surface area contributed by atoms with E-state index in [4.69, 9.17) is 4.74 Å². The molecule has 3 aromatic rings. The summed E-state index contributed by atoms with van der Waals surface area (Å²) in [5.41, 5.74) is 1.09. The van der Waals surface area contributed by atoms with Gasteiger partial charge in [-0.05, 0) is 29.4 Å². The minimum absolute atomic E-state index is 0.226. The van der Waals surface area contributed by atoms with Gasteiger partial charge in [0.05, 0.1) is 7.11 Å². The van der Waals surface area contributed by atoms with Gasteiger partial charge in [0.25, 0.3) is 0 Å². The Bertz CT molecular complexity index is 881. The molecule has 0 spiro atoms. The molecule has 5 nitrogen and oxygen atoms in total. The van der Waals surface area contributed by atoms with Crippen molar-refractivity contribution in [3.05, 3.63) is 60.0 Å². The zero-order chi connectivity index (χ0) is 18.7. The summed E-state index contributed by atoms with van der Waals surface area (Å²) in [6.45, 7) is 0. The van der Waals surface area contributed by atoms with Gasteiger partial charge in [0, 0.05) is 23.3 Å². The summed E-state index contributed by atoms with van der Waals surface area (Å²) in [5, 5.41) is 3.32. The Morgan fingerprint density at radius 3 is 2.58 bits per heavy atom. The summed E-state index contributed by atoms with van der Waals surface area (Å²) >= 11 is -1.44. The van der Waals surface area contributed by atoms with E-state index in [0.717, 1.165) is 5.56 Å². The van der Waals surface area contributed by atoms with Crippen molar-refractivity contribution in [3.8, 4) is 17.1 Å². The molecule has 1 atom stereocenters. The van der Waals surface area contributed by atoms with Crippen molar-refractivity contribution in [1.82, 2.24) is 10.1 Å². The number of benzene rings is 2. The maximum absolute atomic E-state index is 12.6. The number of halogens is 3. The molecule has 0 amide bonds.